The van der Waals surface area contributed by atoms with Gasteiger partial charge in [-0.2, -0.15) is 0 Å². The van der Waals surface area contributed by atoms with Crippen molar-refractivity contribution in [2.24, 2.45) is 5.41 Å². The van der Waals surface area contributed by atoms with Crippen molar-refractivity contribution in [2.75, 3.05) is 17.7 Å². The Balaban J connectivity index is 2.07. The molecule has 3 N–H and O–H groups in total. The molecular weight excluding hydrogens is 264 g/mol. The molecule has 1 aromatic carbocycles. The van der Waals surface area contributed by atoms with Crippen LogP contribution in [0.2, 0.25) is 0 Å². The number of rotatable bonds is 4. The van der Waals surface area contributed by atoms with Crippen molar-refractivity contribution in [2.45, 2.75) is 52.5 Å². The Hall–Kier alpha value is -1.71. The van der Waals surface area contributed by atoms with E-state index in [4.69, 9.17) is 10.5 Å². The molecule has 1 fully saturated rings. The summed E-state index contributed by atoms with van der Waals surface area (Å²) in [4.78, 5) is 11.9. The molecule has 1 aromatic rings. The molecule has 2 rings (SSSR count). The average Bonchev–Trinajstić information content (AvgIpc) is 2.43. The molecule has 0 spiro atoms. The van der Waals surface area contributed by atoms with E-state index in [0.29, 0.717) is 29.3 Å². The van der Waals surface area contributed by atoms with Crippen LogP contribution in [0.15, 0.2) is 18.2 Å². The van der Waals surface area contributed by atoms with Crippen LogP contribution in [0.1, 0.15) is 56.8 Å². The van der Waals surface area contributed by atoms with Crippen molar-refractivity contribution in [3.05, 3.63) is 23.8 Å². The molecule has 1 aliphatic carbocycles. The number of nitrogen functional groups attached to an aromatic ring is 1. The molecule has 0 aromatic heterocycles. The fourth-order valence-electron chi connectivity index (χ4n) is 2.84. The van der Waals surface area contributed by atoms with E-state index in [1.54, 1.807) is 13.0 Å². The molecule has 1 saturated carbocycles. The second-order valence-electron chi connectivity index (χ2n) is 6.57. The van der Waals surface area contributed by atoms with Gasteiger partial charge in [0.15, 0.2) is 0 Å². The standard InChI is InChI=1S/C17H26N2O2/c1-4-21-16(20)13-6-5-7-14(15(13)18)19-12-8-10-17(2,3)11-9-12/h5-7,12,19H,4,8-11,18H2,1-3H3. The first kappa shape index (κ1) is 15.7. The number of carbonyl (C=O) groups excluding carboxylic acids is 1. The minimum Gasteiger partial charge on any atom is -0.462 e. The summed E-state index contributed by atoms with van der Waals surface area (Å²) in [5, 5.41) is 3.49. The Morgan fingerprint density at radius 1 is 1.38 bits per heavy atom. The van der Waals surface area contributed by atoms with Gasteiger partial charge in [-0.15, -0.1) is 0 Å². The zero-order chi connectivity index (χ0) is 15.5. The molecular formula is C17H26N2O2. The molecule has 0 aliphatic heterocycles. The summed E-state index contributed by atoms with van der Waals surface area (Å²) < 4.78 is 5.03. The normalized spacial score (nSPS) is 18.2. The number of esters is 1. The number of para-hydroxylation sites is 1. The van der Waals surface area contributed by atoms with Crippen LogP contribution >= 0.6 is 0 Å². The first-order chi connectivity index (χ1) is 9.93. The molecule has 0 atom stereocenters. The highest BCUT2D eigenvalue weighted by Gasteiger charge is 2.27. The third kappa shape index (κ3) is 3.90. The van der Waals surface area contributed by atoms with E-state index in [0.717, 1.165) is 18.5 Å². The Morgan fingerprint density at radius 3 is 2.67 bits per heavy atom. The van der Waals surface area contributed by atoms with Gasteiger partial charge in [0, 0.05) is 6.04 Å². The minimum atomic E-state index is -0.358. The number of anilines is 2. The maximum absolute atomic E-state index is 11.9. The second kappa shape index (κ2) is 6.37. The molecule has 21 heavy (non-hydrogen) atoms. The Kier molecular flexibility index (Phi) is 4.76. The van der Waals surface area contributed by atoms with Gasteiger partial charge < -0.3 is 15.8 Å². The highest BCUT2D eigenvalue weighted by molar-refractivity contribution is 5.98. The number of hydrogen-bond acceptors (Lipinski definition) is 4. The summed E-state index contributed by atoms with van der Waals surface area (Å²) >= 11 is 0. The summed E-state index contributed by atoms with van der Waals surface area (Å²) in [5.74, 6) is -0.358. The van der Waals surface area contributed by atoms with E-state index in [1.807, 2.05) is 12.1 Å². The van der Waals surface area contributed by atoms with E-state index in [2.05, 4.69) is 19.2 Å². The third-order valence-corrected chi connectivity index (χ3v) is 4.30. The first-order valence-corrected chi connectivity index (χ1v) is 7.75. The number of nitrogens with two attached hydrogens (primary N) is 1. The van der Waals surface area contributed by atoms with Crippen molar-refractivity contribution in [3.8, 4) is 0 Å². The van der Waals surface area contributed by atoms with Crippen molar-refractivity contribution in [3.63, 3.8) is 0 Å². The van der Waals surface area contributed by atoms with Crippen LogP contribution in [0.25, 0.3) is 0 Å². The van der Waals surface area contributed by atoms with Crippen LogP contribution in [0.4, 0.5) is 11.4 Å². The van der Waals surface area contributed by atoms with Crippen LogP contribution in [0, 0.1) is 5.41 Å². The fourth-order valence-corrected chi connectivity index (χ4v) is 2.84. The topological polar surface area (TPSA) is 64.3 Å². The highest BCUT2D eigenvalue weighted by Crippen LogP contribution is 2.37. The van der Waals surface area contributed by atoms with Gasteiger partial charge >= 0.3 is 5.97 Å². The number of ether oxygens (including phenoxy) is 1. The van der Waals surface area contributed by atoms with Crippen molar-refractivity contribution < 1.29 is 9.53 Å². The number of hydrogen-bond donors (Lipinski definition) is 2. The molecule has 1 aliphatic rings. The van der Waals surface area contributed by atoms with Crippen LogP contribution in [0.5, 0.6) is 0 Å². The van der Waals surface area contributed by atoms with Gasteiger partial charge in [0.1, 0.15) is 0 Å². The van der Waals surface area contributed by atoms with Crippen LogP contribution in [-0.4, -0.2) is 18.6 Å². The fraction of sp³-hybridized carbons (Fsp3) is 0.588. The molecule has 0 bridgehead atoms. The predicted octanol–water partition coefficient (Wildman–Crippen LogP) is 3.83. The molecule has 0 saturated heterocycles. The highest BCUT2D eigenvalue weighted by atomic mass is 16.5. The molecule has 0 unspecified atom stereocenters. The van der Waals surface area contributed by atoms with Crippen LogP contribution in [-0.2, 0) is 4.74 Å². The molecule has 0 heterocycles. The molecule has 116 valence electrons. The molecule has 4 nitrogen and oxygen atoms in total. The van der Waals surface area contributed by atoms with Crippen LogP contribution in [0.3, 0.4) is 0 Å². The van der Waals surface area contributed by atoms with Gasteiger partial charge in [-0.25, -0.2) is 4.79 Å². The lowest BCUT2D eigenvalue weighted by atomic mass is 9.75. The van der Waals surface area contributed by atoms with E-state index < -0.39 is 0 Å². The van der Waals surface area contributed by atoms with Gasteiger partial charge in [0.2, 0.25) is 0 Å². The average molecular weight is 290 g/mol. The van der Waals surface area contributed by atoms with E-state index >= 15 is 0 Å². The first-order valence-electron chi connectivity index (χ1n) is 7.75. The van der Waals surface area contributed by atoms with E-state index in [9.17, 15) is 4.79 Å². The Labute approximate surface area is 127 Å². The number of benzene rings is 1. The molecule has 4 heteroatoms. The summed E-state index contributed by atoms with van der Waals surface area (Å²) in [7, 11) is 0. The smallest absolute Gasteiger partial charge is 0.340 e. The lowest BCUT2D eigenvalue weighted by Gasteiger charge is -2.35. The maximum Gasteiger partial charge on any atom is 0.340 e. The Morgan fingerprint density at radius 2 is 2.05 bits per heavy atom. The number of nitrogens with one attached hydrogen (secondary N) is 1. The van der Waals surface area contributed by atoms with Gasteiger partial charge in [0.25, 0.3) is 0 Å². The van der Waals surface area contributed by atoms with Crippen LogP contribution < -0.4 is 11.1 Å². The zero-order valence-electron chi connectivity index (χ0n) is 13.2. The monoisotopic (exact) mass is 290 g/mol. The van der Waals surface area contributed by atoms with Crippen molar-refractivity contribution in [1.29, 1.82) is 0 Å². The van der Waals surface area contributed by atoms with Gasteiger partial charge in [-0.3, -0.25) is 0 Å². The summed E-state index contributed by atoms with van der Waals surface area (Å²) in [5.41, 5.74) is 8.33. The van der Waals surface area contributed by atoms with E-state index in [-0.39, 0.29) is 5.97 Å². The number of carbonyl (C=O) groups is 1. The van der Waals surface area contributed by atoms with E-state index in [1.165, 1.54) is 12.8 Å². The molecule has 0 radical (unpaired) electrons. The lowest BCUT2D eigenvalue weighted by molar-refractivity contribution is 0.0527. The maximum atomic E-state index is 11.9. The van der Waals surface area contributed by atoms with Gasteiger partial charge in [0.05, 0.1) is 23.5 Å². The van der Waals surface area contributed by atoms with Crippen molar-refractivity contribution in [1.82, 2.24) is 0 Å². The summed E-state index contributed by atoms with van der Waals surface area (Å²) in [6.45, 7) is 6.78. The molecule has 0 amide bonds. The zero-order valence-corrected chi connectivity index (χ0v) is 13.2. The Bertz CT molecular complexity index is 502. The minimum absolute atomic E-state index is 0.355. The quantitative estimate of drug-likeness (QED) is 0.653. The van der Waals surface area contributed by atoms with Gasteiger partial charge in [-0.05, 0) is 50.2 Å². The third-order valence-electron chi connectivity index (χ3n) is 4.30. The summed E-state index contributed by atoms with van der Waals surface area (Å²) in [6, 6.07) is 5.91. The SMILES string of the molecule is CCOC(=O)c1cccc(NC2CCC(C)(C)CC2)c1N. The van der Waals surface area contributed by atoms with Gasteiger partial charge in [-0.1, -0.05) is 19.9 Å². The summed E-state index contributed by atoms with van der Waals surface area (Å²) in [6.07, 6.45) is 4.69. The second-order valence-corrected chi connectivity index (χ2v) is 6.57. The predicted molar refractivity (Wildman–Crippen MR) is 86.5 cm³/mol. The largest absolute Gasteiger partial charge is 0.462 e. The van der Waals surface area contributed by atoms with Crippen molar-refractivity contribution >= 4 is 17.3 Å². The lowest BCUT2D eigenvalue weighted by Crippen LogP contribution is -2.30.